The maximum Gasteiger partial charge on any atom is 0.251 e. The van der Waals surface area contributed by atoms with Crippen LogP contribution >= 0.6 is 0 Å². The van der Waals surface area contributed by atoms with Crippen molar-refractivity contribution in [1.82, 2.24) is 21.1 Å². The zero-order valence-electron chi connectivity index (χ0n) is 19.3. The second-order valence-corrected chi connectivity index (χ2v) is 9.08. The highest BCUT2D eigenvalue weighted by molar-refractivity contribution is 5.94. The number of piperidine rings is 1. The number of hydrazine groups is 1. The zero-order valence-corrected chi connectivity index (χ0v) is 19.3. The minimum Gasteiger partial charge on any atom is -0.349 e. The molecule has 6 heteroatoms. The molecule has 2 unspecified atom stereocenters. The summed E-state index contributed by atoms with van der Waals surface area (Å²) in [5.41, 5.74) is 11.9. The molecule has 0 radical (unpaired) electrons. The van der Waals surface area contributed by atoms with Crippen molar-refractivity contribution in [3.8, 4) is 0 Å². The predicted octanol–water partition coefficient (Wildman–Crippen LogP) is 3.05. The lowest BCUT2D eigenvalue weighted by molar-refractivity contribution is -0.136. The number of amides is 2. The van der Waals surface area contributed by atoms with Crippen molar-refractivity contribution in [2.24, 2.45) is 5.92 Å². The van der Waals surface area contributed by atoms with Gasteiger partial charge in [-0.05, 0) is 67.5 Å². The molecule has 3 N–H and O–H groups in total. The Morgan fingerprint density at radius 1 is 1.03 bits per heavy atom. The topological polar surface area (TPSA) is 73.5 Å². The van der Waals surface area contributed by atoms with Gasteiger partial charge in [0.1, 0.15) is 0 Å². The average molecular weight is 435 g/mol. The number of carbonyl (C=O) groups is 2. The van der Waals surface area contributed by atoms with Crippen LogP contribution in [0.5, 0.6) is 0 Å². The van der Waals surface area contributed by atoms with E-state index in [-0.39, 0.29) is 29.8 Å². The third-order valence-corrected chi connectivity index (χ3v) is 6.96. The van der Waals surface area contributed by atoms with E-state index in [0.717, 1.165) is 30.4 Å². The van der Waals surface area contributed by atoms with E-state index in [9.17, 15) is 9.59 Å². The Morgan fingerprint density at radius 3 is 2.41 bits per heavy atom. The first kappa shape index (κ1) is 22.5. The summed E-state index contributed by atoms with van der Waals surface area (Å²) < 4.78 is 0. The van der Waals surface area contributed by atoms with Gasteiger partial charge in [0.15, 0.2) is 0 Å². The third kappa shape index (κ3) is 4.87. The molecule has 2 amide bonds. The summed E-state index contributed by atoms with van der Waals surface area (Å²) in [5, 5.41) is 3.15. The maximum absolute atomic E-state index is 13.3. The van der Waals surface area contributed by atoms with Crippen LogP contribution in [0.3, 0.4) is 0 Å². The molecule has 6 nitrogen and oxygen atoms in total. The minimum atomic E-state index is -0.121. The summed E-state index contributed by atoms with van der Waals surface area (Å²) in [6.07, 6.45) is 2.57. The lowest BCUT2D eigenvalue weighted by Gasteiger charge is -2.34. The van der Waals surface area contributed by atoms with Gasteiger partial charge < -0.3 is 10.2 Å². The van der Waals surface area contributed by atoms with Crippen LogP contribution in [0.2, 0.25) is 0 Å². The highest BCUT2D eigenvalue weighted by Gasteiger charge is 2.37. The van der Waals surface area contributed by atoms with E-state index in [1.54, 1.807) is 0 Å². The van der Waals surface area contributed by atoms with Crippen molar-refractivity contribution >= 4 is 11.8 Å². The van der Waals surface area contributed by atoms with Gasteiger partial charge in [-0.15, -0.1) is 0 Å². The Labute approximate surface area is 190 Å². The summed E-state index contributed by atoms with van der Waals surface area (Å²) >= 11 is 0. The maximum atomic E-state index is 13.3. The summed E-state index contributed by atoms with van der Waals surface area (Å²) in [6.45, 7) is 8.19. The lowest BCUT2D eigenvalue weighted by atomic mass is 9.92. The molecule has 2 aliphatic heterocycles. The van der Waals surface area contributed by atoms with Gasteiger partial charge in [0.25, 0.3) is 5.91 Å². The van der Waals surface area contributed by atoms with Crippen molar-refractivity contribution in [1.29, 1.82) is 0 Å². The quantitative estimate of drug-likeness (QED) is 0.676. The molecule has 2 aromatic rings. The molecule has 170 valence electrons. The molecule has 2 heterocycles. The normalized spacial score (nSPS) is 21.5. The smallest absolute Gasteiger partial charge is 0.251 e. The summed E-state index contributed by atoms with van der Waals surface area (Å²) in [4.78, 5) is 27.9. The first-order valence-corrected chi connectivity index (χ1v) is 11.7. The van der Waals surface area contributed by atoms with Crippen LogP contribution in [0.15, 0.2) is 42.5 Å². The van der Waals surface area contributed by atoms with Gasteiger partial charge in [0, 0.05) is 31.2 Å². The Balaban J connectivity index is 1.32. The van der Waals surface area contributed by atoms with E-state index in [4.69, 9.17) is 0 Å². The van der Waals surface area contributed by atoms with Crippen molar-refractivity contribution in [2.75, 3.05) is 19.6 Å². The van der Waals surface area contributed by atoms with Crippen LogP contribution < -0.4 is 16.2 Å². The highest BCUT2D eigenvalue weighted by atomic mass is 16.2. The van der Waals surface area contributed by atoms with Gasteiger partial charge in [-0.3, -0.25) is 15.0 Å². The van der Waals surface area contributed by atoms with E-state index < -0.39 is 0 Å². The van der Waals surface area contributed by atoms with Crippen LogP contribution in [0.1, 0.15) is 58.4 Å². The monoisotopic (exact) mass is 434 g/mol. The number of carbonyl (C=O) groups excluding carboxylic acids is 2. The van der Waals surface area contributed by atoms with E-state index in [2.05, 4.69) is 47.4 Å². The van der Waals surface area contributed by atoms with Gasteiger partial charge in [-0.2, -0.15) is 0 Å². The van der Waals surface area contributed by atoms with E-state index in [1.807, 2.05) is 36.9 Å². The van der Waals surface area contributed by atoms with E-state index in [0.29, 0.717) is 25.2 Å². The molecule has 2 fully saturated rings. The molecule has 0 aliphatic carbocycles. The van der Waals surface area contributed by atoms with Crippen molar-refractivity contribution in [3.05, 3.63) is 70.3 Å². The Morgan fingerprint density at radius 2 is 1.75 bits per heavy atom. The van der Waals surface area contributed by atoms with Crippen LogP contribution in [-0.2, 0) is 11.2 Å². The lowest BCUT2D eigenvalue weighted by Crippen LogP contribution is -2.49. The van der Waals surface area contributed by atoms with Crippen LogP contribution in [-0.4, -0.2) is 42.4 Å². The van der Waals surface area contributed by atoms with Gasteiger partial charge in [0.05, 0.1) is 12.0 Å². The highest BCUT2D eigenvalue weighted by Crippen LogP contribution is 2.28. The van der Waals surface area contributed by atoms with Crippen molar-refractivity contribution in [2.45, 2.75) is 52.1 Å². The van der Waals surface area contributed by atoms with Crippen molar-refractivity contribution < 1.29 is 9.59 Å². The fourth-order valence-electron chi connectivity index (χ4n) is 4.63. The second-order valence-electron chi connectivity index (χ2n) is 9.08. The Kier molecular flexibility index (Phi) is 6.92. The Hall–Kier alpha value is -2.70. The molecule has 2 aromatic carbocycles. The molecule has 4 rings (SSSR count). The number of nitrogens with zero attached hydrogens (tertiary/aromatic N) is 1. The summed E-state index contributed by atoms with van der Waals surface area (Å²) in [5.74, 6) is 0.0350. The number of hydrogen-bond acceptors (Lipinski definition) is 4. The number of likely N-dealkylation sites (tertiary alicyclic amines) is 1. The standard InChI is InChI=1S/C26H34N4O2/c1-4-19-6-9-20(10-7-19)24-23(16-27-29-24)26(32)30-13-11-22(12-14-30)28-25(31)21-8-5-17(2)18(3)15-21/h5-10,15,22-24,27,29H,4,11-14,16H2,1-3H3,(H,28,31). The van der Waals surface area contributed by atoms with Crippen LogP contribution in [0.25, 0.3) is 0 Å². The fraction of sp³-hybridized carbons (Fsp3) is 0.462. The summed E-state index contributed by atoms with van der Waals surface area (Å²) in [7, 11) is 0. The number of benzene rings is 2. The molecule has 2 aliphatic rings. The van der Waals surface area contributed by atoms with Gasteiger partial charge in [-0.1, -0.05) is 37.3 Å². The minimum absolute atomic E-state index is 0.0180. The first-order chi connectivity index (χ1) is 15.5. The number of aryl methyl sites for hydroxylation is 3. The third-order valence-electron chi connectivity index (χ3n) is 6.96. The first-order valence-electron chi connectivity index (χ1n) is 11.7. The van der Waals surface area contributed by atoms with Crippen molar-refractivity contribution in [3.63, 3.8) is 0 Å². The fourth-order valence-corrected chi connectivity index (χ4v) is 4.63. The van der Waals surface area contributed by atoms with Gasteiger partial charge in [0.2, 0.25) is 5.91 Å². The average Bonchev–Trinajstić information content (AvgIpc) is 3.31. The van der Waals surface area contributed by atoms with E-state index in [1.165, 1.54) is 11.1 Å². The van der Waals surface area contributed by atoms with Gasteiger partial charge >= 0.3 is 0 Å². The van der Waals surface area contributed by atoms with Crippen LogP contribution in [0, 0.1) is 19.8 Å². The molecular formula is C26H34N4O2. The molecular weight excluding hydrogens is 400 g/mol. The predicted molar refractivity (Wildman–Crippen MR) is 126 cm³/mol. The number of nitrogens with one attached hydrogen (secondary N) is 3. The zero-order chi connectivity index (χ0) is 22.7. The molecule has 2 atom stereocenters. The summed E-state index contributed by atoms with van der Waals surface area (Å²) in [6, 6.07) is 14.4. The molecule has 2 saturated heterocycles. The number of hydrogen-bond donors (Lipinski definition) is 3. The molecule has 32 heavy (non-hydrogen) atoms. The second kappa shape index (κ2) is 9.84. The van der Waals surface area contributed by atoms with Crippen LogP contribution in [0.4, 0.5) is 0 Å². The molecule has 0 saturated carbocycles. The SMILES string of the molecule is CCc1ccc(C2NNCC2C(=O)N2CCC(NC(=O)c3ccc(C)c(C)c3)CC2)cc1. The van der Waals surface area contributed by atoms with E-state index >= 15 is 0 Å². The van der Waals surface area contributed by atoms with Gasteiger partial charge in [-0.25, -0.2) is 5.43 Å². The molecule has 0 aromatic heterocycles. The molecule has 0 bridgehead atoms. The Bertz CT molecular complexity index is 964. The number of rotatable bonds is 5. The molecule has 0 spiro atoms. The largest absolute Gasteiger partial charge is 0.349 e.